The zero-order chi connectivity index (χ0) is 48.1. The van der Waals surface area contributed by atoms with Gasteiger partial charge in [-0.25, -0.2) is 0 Å². The first-order chi connectivity index (χ1) is 37.2. The van der Waals surface area contributed by atoms with Crippen molar-refractivity contribution in [1.29, 1.82) is 0 Å². The van der Waals surface area contributed by atoms with Crippen LogP contribution in [0, 0.1) is 0 Å². The van der Waals surface area contributed by atoms with Crippen LogP contribution in [0.4, 0.5) is 34.1 Å². The fourth-order valence-electron chi connectivity index (χ4n) is 15.1. The number of benzene rings is 11. The largest absolute Gasteiger partial charge is 0.311 e. The van der Waals surface area contributed by atoms with Crippen LogP contribution in [0.3, 0.4) is 0 Å². The molecule has 9 heteroatoms. The Kier molecular flexibility index (Phi) is 6.89. The highest BCUT2D eigenvalue weighted by Gasteiger charge is 2.49. The van der Waals surface area contributed by atoms with Crippen LogP contribution in [0.15, 0.2) is 232 Å². The van der Waals surface area contributed by atoms with Crippen LogP contribution in [0.5, 0.6) is 0 Å². The number of para-hydroxylation sites is 8. The summed E-state index contributed by atoms with van der Waals surface area (Å²) in [6.45, 7) is 0.0124. The fourth-order valence-corrected chi connectivity index (χ4v) is 17.2. The van der Waals surface area contributed by atoms with E-state index in [-0.39, 0.29) is 13.4 Å². The molecule has 0 fully saturated rings. The van der Waals surface area contributed by atoms with Crippen LogP contribution in [0.25, 0.3) is 82.5 Å². The second-order valence-electron chi connectivity index (χ2n) is 21.1. The zero-order valence-electron chi connectivity index (χ0n) is 39.9. The number of nitrogens with zero attached hydrogens (tertiary/aromatic N) is 5. The predicted molar refractivity (Wildman–Crippen MR) is 316 cm³/mol. The number of aromatic nitrogens is 3. The summed E-state index contributed by atoms with van der Waals surface area (Å²) in [6, 6.07) is 81.1. The first-order valence-electron chi connectivity index (χ1n) is 26.0. The molecule has 3 aromatic heterocycles. The number of rotatable bonds is 2. The van der Waals surface area contributed by atoms with Gasteiger partial charge in [0.05, 0.1) is 33.8 Å². The van der Waals surface area contributed by atoms with Crippen molar-refractivity contribution in [2.24, 2.45) is 0 Å². The highest BCUT2D eigenvalue weighted by atomic mass is 32.2. The molecule has 0 saturated heterocycles. The third-order valence-corrected chi connectivity index (χ3v) is 20.0. The second kappa shape index (κ2) is 13.3. The number of fused-ring (bicyclic) bond motifs is 17. The molecule has 5 nitrogen and oxygen atoms in total. The number of hydrogen-bond donors (Lipinski definition) is 0. The topological polar surface area (TPSA) is 21.3 Å². The van der Waals surface area contributed by atoms with Gasteiger partial charge in [-0.05, 0) is 124 Å². The van der Waals surface area contributed by atoms with E-state index < -0.39 is 0 Å². The Morgan fingerprint density at radius 3 is 1.29 bits per heavy atom. The lowest BCUT2D eigenvalue weighted by atomic mass is 9.30. The molecule has 6 aliphatic rings. The van der Waals surface area contributed by atoms with Gasteiger partial charge in [0, 0.05) is 102 Å². The minimum Gasteiger partial charge on any atom is -0.311 e. The van der Waals surface area contributed by atoms with Crippen molar-refractivity contribution in [1.82, 2.24) is 13.7 Å². The molecule has 0 radical (unpaired) electrons. The van der Waals surface area contributed by atoms with Gasteiger partial charge in [0.15, 0.2) is 0 Å². The van der Waals surface area contributed by atoms with E-state index in [1.165, 1.54) is 169 Å². The minimum absolute atomic E-state index is 0.0390. The van der Waals surface area contributed by atoms with Gasteiger partial charge in [-0.2, -0.15) is 0 Å². The van der Waals surface area contributed by atoms with Crippen molar-refractivity contribution < 1.29 is 0 Å². The van der Waals surface area contributed by atoms with Crippen LogP contribution < -0.4 is 42.6 Å². The molecule has 342 valence electrons. The molecule has 0 atom stereocenters. The van der Waals surface area contributed by atoms with Gasteiger partial charge in [-0.1, -0.05) is 145 Å². The van der Waals surface area contributed by atoms with E-state index in [9.17, 15) is 0 Å². The molecular weight excluding hydrogens is 949 g/mol. The van der Waals surface area contributed by atoms with Crippen LogP contribution in [0.2, 0.25) is 0 Å². The van der Waals surface area contributed by atoms with E-state index >= 15 is 0 Å². The predicted octanol–water partition coefficient (Wildman–Crippen LogP) is 13.1. The standard InChI is InChI=1S/C66H35B2N5S2/c1-2-21-48-38(14-1)39-15-11-18-44-62(39)71(48)54-35-55-61-66-60(54)67(44)46-20-13-17-41-43-33-37(70-52-24-5-9-28-58(52)75-59-29-10-6-25-53(59)70)34-47(65(43)73(66)64(41)46)68(61)45-19-12-16-40-42-32-36(30-31-49(42)72(55)63(40)45)69-50-22-3-7-26-56(50)74-57-27-8-4-23-51(57)69/h1-35H. The van der Waals surface area contributed by atoms with Crippen molar-refractivity contribution in [3.8, 4) is 17.1 Å². The second-order valence-corrected chi connectivity index (χ2v) is 23.3. The Hall–Kier alpha value is -8.75. The number of anilines is 6. The van der Waals surface area contributed by atoms with Gasteiger partial charge in [0.2, 0.25) is 0 Å². The van der Waals surface area contributed by atoms with E-state index in [0.717, 1.165) is 0 Å². The quantitative estimate of drug-likeness (QED) is 0.161. The summed E-state index contributed by atoms with van der Waals surface area (Å²) in [7, 11) is 0. The summed E-state index contributed by atoms with van der Waals surface area (Å²) in [5.74, 6) is 0. The van der Waals surface area contributed by atoms with Crippen LogP contribution in [-0.2, 0) is 0 Å². The molecule has 11 aromatic carbocycles. The van der Waals surface area contributed by atoms with Gasteiger partial charge in [0.25, 0.3) is 13.4 Å². The first kappa shape index (κ1) is 38.8. The molecule has 0 aliphatic carbocycles. The average molecular weight is 984 g/mol. The normalized spacial score (nSPS) is 14.5. The SMILES string of the molecule is c1ccc2c(c1)Sc1ccccc1N2c1ccc2c(c1)c1cccc3c1n2-c1cc2c4c5c1B3c1cc(N3c6ccccc6Sc6ccccc63)cc3c6cccc(c6n-5c13)B4c1cccc3c4ccccc4n-2c13. The molecule has 6 aliphatic heterocycles. The Morgan fingerprint density at radius 1 is 0.280 bits per heavy atom. The summed E-state index contributed by atoms with van der Waals surface area (Å²) in [5.41, 5.74) is 27.2. The maximum Gasteiger partial charge on any atom is 0.252 e. The first-order valence-corrected chi connectivity index (χ1v) is 27.6. The Balaban J connectivity index is 0.951. The minimum atomic E-state index is -0.0390. The van der Waals surface area contributed by atoms with Gasteiger partial charge in [-0.15, -0.1) is 0 Å². The summed E-state index contributed by atoms with van der Waals surface area (Å²) in [5, 5.41) is 7.78. The maximum absolute atomic E-state index is 2.74. The van der Waals surface area contributed by atoms with Crippen LogP contribution in [0.1, 0.15) is 0 Å². The fraction of sp³-hybridized carbons (Fsp3) is 0. The van der Waals surface area contributed by atoms with Crippen LogP contribution in [-0.4, -0.2) is 27.1 Å². The molecule has 0 bridgehead atoms. The lowest BCUT2D eigenvalue weighted by molar-refractivity contribution is 1.11. The summed E-state index contributed by atoms with van der Waals surface area (Å²) >= 11 is 3.73. The highest BCUT2D eigenvalue weighted by molar-refractivity contribution is 8.00. The van der Waals surface area contributed by atoms with Crippen molar-refractivity contribution in [2.75, 3.05) is 9.80 Å². The third-order valence-electron chi connectivity index (χ3n) is 17.7. The van der Waals surface area contributed by atoms with E-state index in [1.54, 1.807) is 0 Å². The molecule has 0 N–H and O–H groups in total. The molecule has 0 saturated carbocycles. The van der Waals surface area contributed by atoms with Crippen molar-refractivity contribution in [2.45, 2.75) is 19.6 Å². The Labute approximate surface area is 439 Å². The lowest BCUT2D eigenvalue weighted by Gasteiger charge is -2.41. The Morgan fingerprint density at radius 2 is 0.707 bits per heavy atom. The van der Waals surface area contributed by atoms with E-state index in [2.05, 4.69) is 236 Å². The molecule has 0 spiro atoms. The van der Waals surface area contributed by atoms with E-state index in [4.69, 9.17) is 0 Å². The molecule has 0 unspecified atom stereocenters. The maximum atomic E-state index is 2.74. The monoisotopic (exact) mass is 983 g/mol. The van der Waals surface area contributed by atoms with Gasteiger partial charge < -0.3 is 23.5 Å². The van der Waals surface area contributed by atoms with E-state index in [0.29, 0.717) is 0 Å². The highest BCUT2D eigenvalue weighted by Crippen LogP contribution is 2.54. The molecule has 9 heterocycles. The van der Waals surface area contributed by atoms with E-state index in [1.807, 2.05) is 23.5 Å². The molecule has 0 amide bonds. The van der Waals surface area contributed by atoms with Crippen molar-refractivity contribution in [3.63, 3.8) is 0 Å². The lowest BCUT2D eigenvalue weighted by Crippen LogP contribution is -2.66. The summed E-state index contributed by atoms with van der Waals surface area (Å²) in [4.78, 5) is 10.1. The van der Waals surface area contributed by atoms with Gasteiger partial charge >= 0.3 is 0 Å². The molecule has 20 rings (SSSR count). The summed E-state index contributed by atoms with van der Waals surface area (Å²) in [6.07, 6.45) is 0. The van der Waals surface area contributed by atoms with Gasteiger partial charge in [0.1, 0.15) is 0 Å². The van der Waals surface area contributed by atoms with Crippen molar-refractivity contribution in [3.05, 3.63) is 212 Å². The van der Waals surface area contributed by atoms with Crippen molar-refractivity contribution >= 4 is 169 Å². The smallest absolute Gasteiger partial charge is 0.252 e. The zero-order valence-corrected chi connectivity index (χ0v) is 41.5. The Bertz CT molecular complexity index is 4990. The number of hydrogen-bond acceptors (Lipinski definition) is 4. The van der Waals surface area contributed by atoms with Crippen LogP contribution >= 0.6 is 23.5 Å². The molecular formula is C66H35B2N5S2. The molecule has 75 heavy (non-hydrogen) atoms. The third kappa shape index (κ3) is 4.49. The molecule has 14 aromatic rings. The van der Waals surface area contributed by atoms with Gasteiger partial charge in [-0.3, -0.25) is 0 Å². The summed E-state index contributed by atoms with van der Waals surface area (Å²) < 4.78 is 8.04. The average Bonchev–Trinajstić information content (AvgIpc) is 4.16.